The fourth-order valence-electron chi connectivity index (χ4n) is 3.47. The van der Waals surface area contributed by atoms with Crippen LogP contribution in [0.2, 0.25) is 0 Å². The smallest absolute Gasteiger partial charge is 0.369 e. The lowest BCUT2D eigenvalue weighted by molar-refractivity contribution is -0.184. The van der Waals surface area contributed by atoms with E-state index in [0.717, 1.165) is 32.0 Å². The average Bonchev–Trinajstić information content (AvgIpc) is 3.07. The van der Waals surface area contributed by atoms with Crippen LogP contribution < -0.4 is 4.90 Å². The third-order valence-electron chi connectivity index (χ3n) is 4.81. The first-order valence-corrected chi connectivity index (χ1v) is 8.27. The highest BCUT2D eigenvalue weighted by Gasteiger charge is 2.42. The minimum absolute atomic E-state index is 0.0372. The number of hydrogen-bond donors (Lipinski definition) is 0. The Morgan fingerprint density at radius 2 is 1.79 bits per heavy atom. The summed E-state index contributed by atoms with van der Waals surface area (Å²) in [5.41, 5.74) is 0.564. The molecule has 2 aliphatic rings. The van der Waals surface area contributed by atoms with Crippen molar-refractivity contribution in [1.82, 2.24) is 4.90 Å². The molecule has 7 heteroatoms. The second kappa shape index (κ2) is 6.61. The quantitative estimate of drug-likeness (QED) is 0.761. The Labute approximate surface area is 138 Å². The van der Waals surface area contributed by atoms with Crippen molar-refractivity contribution in [2.45, 2.75) is 31.9 Å². The van der Waals surface area contributed by atoms with Gasteiger partial charge in [-0.2, -0.15) is 13.2 Å². The molecule has 3 nitrogen and oxygen atoms in total. The maximum Gasteiger partial charge on any atom is 0.393 e. The zero-order chi connectivity index (χ0) is 17.3. The molecule has 1 unspecified atom stereocenters. The molecule has 0 bridgehead atoms. The van der Waals surface area contributed by atoms with Gasteiger partial charge in [0.25, 0.3) is 5.91 Å². The van der Waals surface area contributed by atoms with E-state index in [1.165, 1.54) is 11.0 Å². The van der Waals surface area contributed by atoms with E-state index in [4.69, 9.17) is 0 Å². The first-order chi connectivity index (χ1) is 11.4. The van der Waals surface area contributed by atoms with Crippen molar-refractivity contribution in [2.24, 2.45) is 5.92 Å². The Balaban J connectivity index is 1.74. The van der Waals surface area contributed by atoms with E-state index in [1.807, 2.05) is 4.90 Å². The van der Waals surface area contributed by atoms with Crippen LogP contribution in [0.5, 0.6) is 0 Å². The summed E-state index contributed by atoms with van der Waals surface area (Å²) in [6, 6.07) is 4.21. The predicted octanol–water partition coefficient (Wildman–Crippen LogP) is 3.84. The summed E-state index contributed by atoms with van der Waals surface area (Å²) in [5.74, 6) is -2.52. The van der Waals surface area contributed by atoms with Crippen LogP contribution in [0, 0.1) is 11.7 Å². The lowest BCUT2D eigenvalue weighted by atomic mass is 9.97. The van der Waals surface area contributed by atoms with E-state index in [2.05, 4.69) is 0 Å². The van der Waals surface area contributed by atoms with Crippen molar-refractivity contribution >= 4 is 11.6 Å². The zero-order valence-corrected chi connectivity index (χ0v) is 13.3. The molecule has 0 radical (unpaired) electrons. The maximum atomic E-state index is 14.3. The average molecular weight is 344 g/mol. The molecule has 132 valence electrons. The molecule has 2 fully saturated rings. The van der Waals surface area contributed by atoms with E-state index in [1.54, 1.807) is 6.07 Å². The largest absolute Gasteiger partial charge is 0.393 e. The molecule has 1 aromatic carbocycles. The Morgan fingerprint density at radius 3 is 2.42 bits per heavy atom. The molecule has 1 amide bonds. The fraction of sp³-hybridized carbons (Fsp3) is 0.588. The second-order valence-corrected chi connectivity index (χ2v) is 6.49. The Hall–Kier alpha value is -1.79. The molecule has 0 saturated carbocycles. The number of halogens is 4. The molecule has 0 aliphatic carbocycles. The van der Waals surface area contributed by atoms with Gasteiger partial charge < -0.3 is 9.80 Å². The van der Waals surface area contributed by atoms with Crippen LogP contribution in [-0.4, -0.2) is 43.2 Å². The molecule has 2 aliphatic heterocycles. The lowest BCUT2D eigenvalue weighted by Crippen LogP contribution is -2.44. The number of alkyl halides is 3. The van der Waals surface area contributed by atoms with E-state index >= 15 is 0 Å². The zero-order valence-electron chi connectivity index (χ0n) is 13.3. The molecule has 1 atom stereocenters. The Bertz CT molecular complexity index is 611. The van der Waals surface area contributed by atoms with Gasteiger partial charge in [0.05, 0.1) is 11.6 Å². The van der Waals surface area contributed by atoms with Crippen LogP contribution >= 0.6 is 0 Å². The molecule has 3 rings (SSSR count). The summed E-state index contributed by atoms with van der Waals surface area (Å²) in [7, 11) is 0. The van der Waals surface area contributed by atoms with Crippen molar-refractivity contribution < 1.29 is 22.4 Å². The summed E-state index contributed by atoms with van der Waals surface area (Å²) in [6.45, 7) is 1.49. The van der Waals surface area contributed by atoms with Crippen molar-refractivity contribution in [2.75, 3.05) is 31.1 Å². The van der Waals surface area contributed by atoms with Gasteiger partial charge >= 0.3 is 6.18 Å². The summed E-state index contributed by atoms with van der Waals surface area (Å²) < 4.78 is 52.9. The standard InChI is InChI=1S/C17H20F4N2O/c18-14-10-12(5-6-15(14)22-7-1-2-8-22)16(24)23-9-3-4-13(11-23)17(19,20)21/h5-6,10,13H,1-4,7-9,11H2. The molecular formula is C17H20F4N2O. The molecule has 0 N–H and O–H groups in total. The van der Waals surface area contributed by atoms with Crippen LogP contribution in [0.1, 0.15) is 36.0 Å². The summed E-state index contributed by atoms with van der Waals surface area (Å²) in [4.78, 5) is 15.5. The predicted molar refractivity (Wildman–Crippen MR) is 82.5 cm³/mol. The van der Waals surface area contributed by atoms with Crippen LogP contribution in [0.3, 0.4) is 0 Å². The Morgan fingerprint density at radius 1 is 1.08 bits per heavy atom. The van der Waals surface area contributed by atoms with Gasteiger partial charge in [-0.05, 0) is 43.9 Å². The number of anilines is 1. The number of carbonyl (C=O) groups excluding carboxylic acids is 1. The Kier molecular flexibility index (Phi) is 4.69. The maximum absolute atomic E-state index is 14.3. The normalized spacial score (nSPS) is 22.1. The fourth-order valence-corrected chi connectivity index (χ4v) is 3.47. The van der Waals surface area contributed by atoms with E-state index in [9.17, 15) is 22.4 Å². The van der Waals surface area contributed by atoms with Gasteiger partial charge in [0, 0.05) is 31.7 Å². The number of likely N-dealkylation sites (tertiary alicyclic amines) is 1. The number of amides is 1. The van der Waals surface area contributed by atoms with Crippen molar-refractivity contribution in [3.63, 3.8) is 0 Å². The number of hydrogen-bond acceptors (Lipinski definition) is 2. The number of benzene rings is 1. The van der Waals surface area contributed by atoms with Gasteiger partial charge in [-0.3, -0.25) is 4.79 Å². The molecule has 24 heavy (non-hydrogen) atoms. The topological polar surface area (TPSA) is 23.6 Å². The van der Waals surface area contributed by atoms with Crippen LogP contribution in [0.25, 0.3) is 0 Å². The van der Waals surface area contributed by atoms with Crippen LogP contribution in [0.15, 0.2) is 18.2 Å². The third kappa shape index (κ3) is 3.49. The molecule has 2 heterocycles. The first kappa shape index (κ1) is 17.0. The van der Waals surface area contributed by atoms with Gasteiger partial charge in [-0.25, -0.2) is 4.39 Å². The van der Waals surface area contributed by atoms with E-state index in [0.29, 0.717) is 12.1 Å². The van der Waals surface area contributed by atoms with Gasteiger partial charge in [-0.1, -0.05) is 0 Å². The molecule has 0 aromatic heterocycles. The minimum Gasteiger partial charge on any atom is -0.369 e. The third-order valence-corrected chi connectivity index (χ3v) is 4.81. The molecule has 2 saturated heterocycles. The number of carbonyl (C=O) groups is 1. The monoisotopic (exact) mass is 344 g/mol. The highest BCUT2D eigenvalue weighted by molar-refractivity contribution is 5.94. The van der Waals surface area contributed by atoms with Crippen molar-refractivity contribution in [3.8, 4) is 0 Å². The van der Waals surface area contributed by atoms with Crippen LogP contribution in [-0.2, 0) is 0 Å². The highest BCUT2D eigenvalue weighted by Crippen LogP contribution is 2.34. The van der Waals surface area contributed by atoms with E-state index < -0.39 is 23.8 Å². The van der Waals surface area contributed by atoms with Crippen molar-refractivity contribution in [3.05, 3.63) is 29.6 Å². The number of piperidine rings is 1. The van der Waals surface area contributed by atoms with E-state index in [-0.39, 0.29) is 25.1 Å². The lowest BCUT2D eigenvalue weighted by Gasteiger charge is -2.33. The van der Waals surface area contributed by atoms with Gasteiger partial charge in [0.1, 0.15) is 5.82 Å². The number of rotatable bonds is 2. The molecule has 1 aromatic rings. The van der Waals surface area contributed by atoms with Crippen molar-refractivity contribution in [1.29, 1.82) is 0 Å². The van der Waals surface area contributed by atoms with Crippen LogP contribution in [0.4, 0.5) is 23.2 Å². The van der Waals surface area contributed by atoms with Gasteiger partial charge in [0.15, 0.2) is 0 Å². The summed E-state index contributed by atoms with van der Waals surface area (Å²) in [6.07, 6.45) is -1.94. The number of nitrogens with zero attached hydrogens (tertiary/aromatic N) is 2. The summed E-state index contributed by atoms with van der Waals surface area (Å²) >= 11 is 0. The highest BCUT2D eigenvalue weighted by atomic mass is 19.4. The second-order valence-electron chi connectivity index (χ2n) is 6.49. The SMILES string of the molecule is O=C(c1ccc(N2CCCC2)c(F)c1)N1CCCC(C(F)(F)F)C1. The molecular weight excluding hydrogens is 324 g/mol. The summed E-state index contributed by atoms with van der Waals surface area (Å²) in [5, 5.41) is 0. The molecule has 0 spiro atoms. The van der Waals surface area contributed by atoms with Gasteiger partial charge in [-0.15, -0.1) is 0 Å². The first-order valence-electron chi connectivity index (χ1n) is 8.27. The van der Waals surface area contributed by atoms with Gasteiger partial charge in [0.2, 0.25) is 0 Å². The minimum atomic E-state index is -4.30.